The van der Waals surface area contributed by atoms with Crippen molar-refractivity contribution in [1.82, 2.24) is 0 Å². The lowest BCUT2D eigenvalue weighted by Crippen LogP contribution is -2.26. The monoisotopic (exact) mass is 254 g/mol. The number of halogens is 1. The van der Waals surface area contributed by atoms with E-state index in [1.165, 1.54) is 0 Å². The van der Waals surface area contributed by atoms with Crippen LogP contribution in [-0.4, -0.2) is 25.3 Å². The minimum atomic E-state index is -2.92. The first-order valence-electron chi connectivity index (χ1n) is 5.55. The van der Waals surface area contributed by atoms with E-state index in [2.05, 4.69) is 13.8 Å². The molecule has 0 aliphatic heterocycles. The molecule has 0 N–H and O–H groups in total. The lowest BCUT2D eigenvalue weighted by Gasteiger charge is -2.26. The number of hydrogen-bond donors (Lipinski definition) is 0. The Morgan fingerprint density at radius 3 is 2.13 bits per heavy atom. The Kier molecular flexibility index (Phi) is 6.19. The summed E-state index contributed by atoms with van der Waals surface area (Å²) in [5.74, 6) is 0.794. The van der Waals surface area contributed by atoms with E-state index < -0.39 is 9.84 Å². The van der Waals surface area contributed by atoms with Crippen LogP contribution in [0.25, 0.3) is 0 Å². The van der Waals surface area contributed by atoms with Gasteiger partial charge in [-0.3, -0.25) is 0 Å². The first-order valence-corrected chi connectivity index (χ1v) is 7.80. The number of rotatable bonds is 7. The van der Waals surface area contributed by atoms with E-state index in [4.69, 9.17) is 11.6 Å². The van der Waals surface area contributed by atoms with Crippen LogP contribution in [0, 0.1) is 5.41 Å². The standard InChI is InChI=1S/C11H23ClO2S/c1-5-6-11(4,9-12)7-8-15(13,14)10(2)3/h10H,5-9H2,1-4H3. The SMILES string of the molecule is CCCC(C)(CCl)CCS(=O)(=O)C(C)C. The third-order valence-electron chi connectivity index (χ3n) is 2.88. The highest BCUT2D eigenvalue weighted by atomic mass is 35.5. The van der Waals surface area contributed by atoms with Gasteiger partial charge in [0.25, 0.3) is 0 Å². The Hall–Kier alpha value is 0.240. The van der Waals surface area contributed by atoms with Crippen LogP contribution in [-0.2, 0) is 9.84 Å². The van der Waals surface area contributed by atoms with Gasteiger partial charge in [-0.2, -0.15) is 0 Å². The zero-order valence-electron chi connectivity index (χ0n) is 10.2. The Bertz CT molecular complexity index is 272. The third-order valence-corrected chi connectivity index (χ3v) is 5.74. The van der Waals surface area contributed by atoms with Crippen molar-refractivity contribution in [3.8, 4) is 0 Å². The largest absolute Gasteiger partial charge is 0.229 e. The molecule has 0 fully saturated rings. The van der Waals surface area contributed by atoms with E-state index in [-0.39, 0.29) is 16.4 Å². The van der Waals surface area contributed by atoms with Crippen molar-refractivity contribution in [2.75, 3.05) is 11.6 Å². The van der Waals surface area contributed by atoms with Gasteiger partial charge in [0, 0.05) is 5.88 Å². The molecule has 4 heteroatoms. The minimum absolute atomic E-state index is 0.0295. The van der Waals surface area contributed by atoms with Crippen molar-refractivity contribution < 1.29 is 8.42 Å². The van der Waals surface area contributed by atoms with Crippen molar-refractivity contribution in [3.05, 3.63) is 0 Å². The third kappa shape index (κ3) is 5.21. The van der Waals surface area contributed by atoms with E-state index in [9.17, 15) is 8.42 Å². The number of hydrogen-bond acceptors (Lipinski definition) is 2. The van der Waals surface area contributed by atoms with Crippen LogP contribution < -0.4 is 0 Å². The first kappa shape index (κ1) is 15.2. The molecule has 0 rings (SSSR count). The topological polar surface area (TPSA) is 34.1 Å². The average molecular weight is 255 g/mol. The molecule has 0 aromatic rings. The zero-order chi connectivity index (χ0) is 12.1. The molecule has 0 aromatic heterocycles. The highest BCUT2D eigenvalue weighted by Crippen LogP contribution is 2.30. The van der Waals surface area contributed by atoms with E-state index in [1.807, 2.05) is 0 Å². The van der Waals surface area contributed by atoms with E-state index in [0.717, 1.165) is 12.8 Å². The molecule has 0 radical (unpaired) electrons. The van der Waals surface area contributed by atoms with Gasteiger partial charge in [0.05, 0.1) is 11.0 Å². The molecule has 15 heavy (non-hydrogen) atoms. The van der Waals surface area contributed by atoms with Crippen LogP contribution in [0.5, 0.6) is 0 Å². The fraction of sp³-hybridized carbons (Fsp3) is 1.00. The summed E-state index contributed by atoms with van der Waals surface area (Å²) in [6.45, 7) is 7.63. The lowest BCUT2D eigenvalue weighted by molar-refractivity contribution is 0.325. The van der Waals surface area contributed by atoms with E-state index in [0.29, 0.717) is 12.3 Å². The summed E-state index contributed by atoms with van der Waals surface area (Å²) in [6.07, 6.45) is 2.71. The van der Waals surface area contributed by atoms with Gasteiger partial charge in [-0.15, -0.1) is 11.6 Å². The Morgan fingerprint density at radius 1 is 1.27 bits per heavy atom. The molecule has 0 saturated heterocycles. The molecule has 0 saturated carbocycles. The smallest absolute Gasteiger partial charge is 0.152 e. The molecule has 0 spiro atoms. The summed E-state index contributed by atoms with van der Waals surface area (Å²) in [7, 11) is -2.92. The maximum atomic E-state index is 11.7. The Labute approximate surface area is 99.3 Å². The summed E-state index contributed by atoms with van der Waals surface area (Å²) in [6, 6.07) is 0. The van der Waals surface area contributed by atoms with Crippen molar-refractivity contribution in [1.29, 1.82) is 0 Å². The maximum absolute atomic E-state index is 11.7. The minimum Gasteiger partial charge on any atom is -0.229 e. The maximum Gasteiger partial charge on any atom is 0.152 e. The second-order valence-corrected chi connectivity index (χ2v) is 7.80. The molecule has 1 atom stereocenters. The molecule has 0 aliphatic rings. The van der Waals surface area contributed by atoms with Crippen LogP contribution in [0.15, 0.2) is 0 Å². The molecule has 0 aromatic carbocycles. The van der Waals surface area contributed by atoms with Gasteiger partial charge in [-0.25, -0.2) is 8.42 Å². The van der Waals surface area contributed by atoms with Crippen molar-refractivity contribution in [2.24, 2.45) is 5.41 Å². The average Bonchev–Trinajstić information content (AvgIpc) is 2.15. The molecule has 92 valence electrons. The van der Waals surface area contributed by atoms with Gasteiger partial charge in [-0.1, -0.05) is 20.3 Å². The van der Waals surface area contributed by atoms with Crippen LogP contribution >= 0.6 is 11.6 Å². The van der Waals surface area contributed by atoms with Crippen molar-refractivity contribution in [3.63, 3.8) is 0 Å². The summed E-state index contributed by atoms with van der Waals surface area (Å²) in [4.78, 5) is 0. The lowest BCUT2D eigenvalue weighted by atomic mass is 9.85. The van der Waals surface area contributed by atoms with Gasteiger partial charge < -0.3 is 0 Å². The van der Waals surface area contributed by atoms with E-state index in [1.54, 1.807) is 13.8 Å². The Balaban J connectivity index is 4.36. The molecule has 0 amide bonds. The van der Waals surface area contributed by atoms with Gasteiger partial charge in [0.15, 0.2) is 9.84 Å². The molecular weight excluding hydrogens is 232 g/mol. The van der Waals surface area contributed by atoms with Crippen LogP contribution in [0.2, 0.25) is 0 Å². The molecule has 0 heterocycles. The molecular formula is C11H23ClO2S. The predicted octanol–water partition coefficient (Wildman–Crippen LogP) is 3.24. The fourth-order valence-corrected chi connectivity index (χ4v) is 3.00. The summed E-state index contributed by atoms with van der Waals surface area (Å²) < 4.78 is 23.3. The van der Waals surface area contributed by atoms with E-state index >= 15 is 0 Å². The zero-order valence-corrected chi connectivity index (χ0v) is 11.8. The summed E-state index contributed by atoms with van der Waals surface area (Å²) in [5.41, 5.74) is -0.0295. The predicted molar refractivity (Wildman–Crippen MR) is 67.3 cm³/mol. The highest BCUT2D eigenvalue weighted by molar-refractivity contribution is 7.91. The Morgan fingerprint density at radius 2 is 1.80 bits per heavy atom. The normalized spacial score (nSPS) is 16.7. The summed E-state index contributed by atoms with van der Waals surface area (Å²) >= 11 is 5.90. The quantitative estimate of drug-likeness (QED) is 0.654. The second kappa shape index (κ2) is 6.09. The van der Waals surface area contributed by atoms with Gasteiger partial charge >= 0.3 is 0 Å². The molecule has 2 nitrogen and oxygen atoms in total. The molecule has 0 bridgehead atoms. The van der Waals surface area contributed by atoms with Gasteiger partial charge in [0.2, 0.25) is 0 Å². The van der Waals surface area contributed by atoms with Gasteiger partial charge in [-0.05, 0) is 32.1 Å². The fourth-order valence-electron chi connectivity index (χ4n) is 1.49. The highest BCUT2D eigenvalue weighted by Gasteiger charge is 2.26. The van der Waals surface area contributed by atoms with Crippen LogP contribution in [0.3, 0.4) is 0 Å². The van der Waals surface area contributed by atoms with Crippen molar-refractivity contribution in [2.45, 2.75) is 52.2 Å². The summed E-state index contributed by atoms with van der Waals surface area (Å²) in [5, 5.41) is -0.279. The van der Waals surface area contributed by atoms with Crippen molar-refractivity contribution >= 4 is 21.4 Å². The number of sulfone groups is 1. The molecule has 1 unspecified atom stereocenters. The number of alkyl halides is 1. The first-order chi connectivity index (χ1) is 6.77. The second-order valence-electron chi connectivity index (χ2n) is 4.86. The van der Waals surface area contributed by atoms with Crippen LogP contribution in [0.1, 0.15) is 47.0 Å². The van der Waals surface area contributed by atoms with Crippen LogP contribution in [0.4, 0.5) is 0 Å². The van der Waals surface area contributed by atoms with Gasteiger partial charge in [0.1, 0.15) is 0 Å². The molecule has 0 aliphatic carbocycles.